The summed E-state index contributed by atoms with van der Waals surface area (Å²) in [7, 11) is 0. The van der Waals surface area contributed by atoms with Gasteiger partial charge in [0.25, 0.3) is 5.91 Å². The van der Waals surface area contributed by atoms with E-state index in [2.05, 4.69) is 16.0 Å². The maximum Gasteiger partial charge on any atom is 0.323 e. The zero-order valence-corrected chi connectivity index (χ0v) is 18.4. The number of carbonyl (C=O) groups excluding carboxylic acids is 2. The predicted octanol–water partition coefficient (Wildman–Crippen LogP) is 5.25. The van der Waals surface area contributed by atoms with Crippen molar-refractivity contribution >= 4 is 58.1 Å². The second-order valence-electron chi connectivity index (χ2n) is 6.46. The zero-order chi connectivity index (χ0) is 22.1. The highest BCUT2D eigenvalue weighted by Crippen LogP contribution is 2.34. The molecular weight excluding hydrogens is 451 g/mol. The van der Waals surface area contributed by atoms with Crippen molar-refractivity contribution in [2.75, 3.05) is 23.7 Å². The fourth-order valence-electron chi connectivity index (χ4n) is 2.67. The number of nitrogens with two attached hydrogens (primary N) is 1. The molecule has 162 valence electrons. The van der Waals surface area contributed by atoms with E-state index >= 15 is 0 Å². The summed E-state index contributed by atoms with van der Waals surface area (Å²) in [6.07, 6.45) is 3.65. The van der Waals surface area contributed by atoms with Gasteiger partial charge in [0.2, 0.25) is 0 Å². The van der Waals surface area contributed by atoms with Gasteiger partial charge in [0.1, 0.15) is 5.56 Å². The van der Waals surface area contributed by atoms with Crippen molar-refractivity contribution in [2.45, 2.75) is 25.7 Å². The molecule has 0 fully saturated rings. The molecule has 0 aliphatic rings. The second kappa shape index (κ2) is 11.9. The van der Waals surface area contributed by atoms with Crippen LogP contribution in [-0.4, -0.2) is 30.1 Å². The molecule has 10 heteroatoms. The molecule has 0 heterocycles. The Labute approximate surface area is 189 Å². The number of phenolic OH excluding ortho intramolecular Hbond substituents is 1. The van der Waals surface area contributed by atoms with Crippen LogP contribution in [0.3, 0.4) is 0 Å². The van der Waals surface area contributed by atoms with Crippen molar-refractivity contribution in [3.05, 3.63) is 51.0 Å². The van der Waals surface area contributed by atoms with Crippen molar-refractivity contribution in [2.24, 2.45) is 5.73 Å². The Morgan fingerprint density at radius 2 is 1.60 bits per heavy atom. The number of aromatic hydroxyl groups is 1. The summed E-state index contributed by atoms with van der Waals surface area (Å²) in [6, 6.07) is 6.91. The summed E-state index contributed by atoms with van der Waals surface area (Å²) in [5.74, 6) is -0.964. The highest BCUT2D eigenvalue weighted by atomic mass is 35.5. The van der Waals surface area contributed by atoms with Gasteiger partial charge < -0.3 is 26.8 Å². The first-order chi connectivity index (χ1) is 14.3. The highest BCUT2D eigenvalue weighted by molar-refractivity contribution is 6.44. The average Bonchev–Trinajstić information content (AvgIpc) is 2.70. The quantitative estimate of drug-likeness (QED) is 0.253. The molecule has 0 saturated heterocycles. The number of hydrogen-bond donors (Lipinski definition) is 5. The third kappa shape index (κ3) is 6.67. The Morgan fingerprint density at radius 1 is 0.900 bits per heavy atom. The van der Waals surface area contributed by atoms with Gasteiger partial charge in [-0.1, -0.05) is 53.7 Å². The number of nitrogens with one attached hydrogen (secondary N) is 3. The third-order valence-corrected chi connectivity index (χ3v) is 5.35. The third-order valence-electron chi connectivity index (χ3n) is 4.22. The molecule has 0 unspecified atom stereocenters. The smallest absolute Gasteiger partial charge is 0.323 e. The minimum Gasteiger partial charge on any atom is -0.505 e. The molecule has 0 bridgehead atoms. The molecule has 0 aliphatic heterocycles. The Balaban J connectivity index is 2.03. The molecule has 0 aromatic heterocycles. The van der Waals surface area contributed by atoms with Crippen LogP contribution >= 0.6 is 34.8 Å². The van der Waals surface area contributed by atoms with Gasteiger partial charge in [0.05, 0.1) is 26.4 Å². The molecule has 7 nitrogen and oxygen atoms in total. The summed E-state index contributed by atoms with van der Waals surface area (Å²) in [5.41, 5.74) is 5.64. The van der Waals surface area contributed by atoms with Crippen LogP contribution in [0.4, 0.5) is 16.2 Å². The number of urea groups is 1. The Hall–Kier alpha value is -2.19. The first kappa shape index (κ1) is 24.1. The van der Waals surface area contributed by atoms with Crippen LogP contribution in [0, 0.1) is 0 Å². The number of amides is 3. The van der Waals surface area contributed by atoms with E-state index in [1.807, 2.05) is 0 Å². The van der Waals surface area contributed by atoms with E-state index in [0.29, 0.717) is 18.8 Å². The summed E-state index contributed by atoms with van der Waals surface area (Å²) in [6.45, 7) is 1.08. The Kier molecular flexibility index (Phi) is 9.52. The van der Waals surface area contributed by atoms with Gasteiger partial charge in [-0.3, -0.25) is 4.79 Å². The number of halogens is 3. The molecule has 0 saturated carbocycles. The Morgan fingerprint density at radius 3 is 2.33 bits per heavy atom. The van der Waals surface area contributed by atoms with Gasteiger partial charge in [0.15, 0.2) is 5.75 Å². The normalized spacial score (nSPS) is 10.5. The summed E-state index contributed by atoms with van der Waals surface area (Å²) in [4.78, 5) is 24.7. The summed E-state index contributed by atoms with van der Waals surface area (Å²) >= 11 is 18.1. The lowest BCUT2D eigenvalue weighted by Gasteiger charge is -2.14. The minimum absolute atomic E-state index is 0.0168. The zero-order valence-electron chi connectivity index (χ0n) is 16.1. The molecule has 6 N–H and O–H groups in total. The Bertz CT molecular complexity index is 909. The number of hydrogen-bond acceptors (Lipinski definition) is 4. The van der Waals surface area contributed by atoms with Gasteiger partial charge in [0, 0.05) is 6.54 Å². The van der Waals surface area contributed by atoms with Crippen molar-refractivity contribution in [1.82, 2.24) is 5.32 Å². The number of phenols is 1. The largest absolute Gasteiger partial charge is 0.505 e. The fraction of sp³-hybridized carbons (Fsp3) is 0.300. The van der Waals surface area contributed by atoms with Gasteiger partial charge in [-0.2, -0.15) is 0 Å². The molecule has 3 amide bonds. The molecule has 0 aliphatic carbocycles. The van der Waals surface area contributed by atoms with Crippen LogP contribution in [0.15, 0.2) is 30.3 Å². The number of benzene rings is 2. The van der Waals surface area contributed by atoms with Gasteiger partial charge in [-0.05, 0) is 43.7 Å². The van der Waals surface area contributed by atoms with E-state index in [9.17, 15) is 14.7 Å². The molecule has 0 atom stereocenters. The van der Waals surface area contributed by atoms with E-state index in [1.165, 1.54) is 12.1 Å². The monoisotopic (exact) mass is 472 g/mol. The highest BCUT2D eigenvalue weighted by Gasteiger charge is 2.20. The molecule has 2 rings (SSSR count). The van der Waals surface area contributed by atoms with E-state index in [-0.39, 0.29) is 26.3 Å². The molecule has 0 spiro atoms. The van der Waals surface area contributed by atoms with E-state index in [4.69, 9.17) is 40.5 Å². The first-order valence-corrected chi connectivity index (χ1v) is 10.5. The first-order valence-electron chi connectivity index (χ1n) is 9.37. The maximum absolute atomic E-state index is 12.5. The SMILES string of the molecule is NCCCCCCNC(=O)c1c(Cl)ccc(NC(=O)Nc2cccc(Cl)c2Cl)c1O. The minimum atomic E-state index is -0.678. The van der Waals surface area contributed by atoms with Gasteiger partial charge >= 0.3 is 6.03 Å². The molecule has 0 radical (unpaired) electrons. The average molecular weight is 474 g/mol. The molecule has 2 aromatic carbocycles. The topological polar surface area (TPSA) is 116 Å². The summed E-state index contributed by atoms with van der Waals surface area (Å²) < 4.78 is 0. The van der Waals surface area contributed by atoms with Crippen molar-refractivity contribution in [3.8, 4) is 5.75 Å². The number of unbranched alkanes of at least 4 members (excludes halogenated alkanes) is 3. The van der Waals surface area contributed by atoms with E-state index < -0.39 is 17.7 Å². The molecule has 2 aromatic rings. The van der Waals surface area contributed by atoms with Crippen LogP contribution in [0.1, 0.15) is 36.0 Å². The van der Waals surface area contributed by atoms with Crippen LogP contribution in [0.2, 0.25) is 15.1 Å². The molecule has 30 heavy (non-hydrogen) atoms. The van der Waals surface area contributed by atoms with Crippen LogP contribution < -0.4 is 21.7 Å². The van der Waals surface area contributed by atoms with Crippen LogP contribution in [0.25, 0.3) is 0 Å². The number of carbonyl (C=O) groups is 2. The van der Waals surface area contributed by atoms with Crippen molar-refractivity contribution in [3.63, 3.8) is 0 Å². The van der Waals surface area contributed by atoms with Crippen molar-refractivity contribution in [1.29, 1.82) is 0 Å². The van der Waals surface area contributed by atoms with E-state index in [1.54, 1.807) is 18.2 Å². The lowest BCUT2D eigenvalue weighted by Crippen LogP contribution is -2.25. The summed E-state index contributed by atoms with van der Waals surface area (Å²) in [5, 5.41) is 18.7. The van der Waals surface area contributed by atoms with Crippen LogP contribution in [0.5, 0.6) is 5.75 Å². The number of rotatable bonds is 9. The fourth-order valence-corrected chi connectivity index (χ4v) is 3.26. The molecular formula is C20H23Cl3N4O3. The standard InChI is InChI=1S/C20H23Cl3N4O3/c21-12-8-9-15(27-20(30)26-14-7-5-6-13(22)17(14)23)18(28)16(12)19(29)25-11-4-2-1-3-10-24/h5-9,28H,1-4,10-11,24H2,(H,25,29)(H2,26,27,30). The lowest BCUT2D eigenvalue weighted by molar-refractivity contribution is 0.0950. The van der Waals surface area contributed by atoms with Gasteiger partial charge in [-0.15, -0.1) is 0 Å². The maximum atomic E-state index is 12.5. The lowest BCUT2D eigenvalue weighted by atomic mass is 10.1. The predicted molar refractivity (Wildman–Crippen MR) is 122 cm³/mol. The van der Waals surface area contributed by atoms with Crippen LogP contribution in [-0.2, 0) is 0 Å². The van der Waals surface area contributed by atoms with E-state index in [0.717, 1.165) is 25.7 Å². The van der Waals surface area contributed by atoms with Crippen molar-refractivity contribution < 1.29 is 14.7 Å². The number of anilines is 2. The second-order valence-corrected chi connectivity index (χ2v) is 7.65. The van der Waals surface area contributed by atoms with Gasteiger partial charge in [-0.25, -0.2) is 4.79 Å².